The lowest BCUT2D eigenvalue weighted by Gasteiger charge is -2.33. The summed E-state index contributed by atoms with van der Waals surface area (Å²) in [6.07, 6.45) is 3.96. The Bertz CT molecular complexity index is 378. The van der Waals surface area contributed by atoms with E-state index in [2.05, 4.69) is 17.9 Å². The molecule has 2 N–H and O–H groups in total. The van der Waals surface area contributed by atoms with Crippen molar-refractivity contribution in [3.63, 3.8) is 0 Å². The van der Waals surface area contributed by atoms with Gasteiger partial charge in [0.15, 0.2) is 0 Å². The average molecular weight is 234 g/mol. The van der Waals surface area contributed by atoms with E-state index in [0.29, 0.717) is 6.04 Å². The van der Waals surface area contributed by atoms with Crippen molar-refractivity contribution in [2.24, 2.45) is 0 Å². The van der Waals surface area contributed by atoms with Gasteiger partial charge in [0, 0.05) is 24.3 Å². The largest absolute Gasteiger partial charge is 0.497 e. The molecule has 0 spiro atoms. The van der Waals surface area contributed by atoms with Gasteiger partial charge in [-0.15, -0.1) is 0 Å². The van der Waals surface area contributed by atoms with Crippen LogP contribution in [0.25, 0.3) is 0 Å². The first-order chi connectivity index (χ1) is 8.20. The number of hydrogen-bond acceptors (Lipinski definition) is 3. The molecule has 0 aromatic heterocycles. The zero-order valence-corrected chi connectivity index (χ0v) is 10.8. The van der Waals surface area contributed by atoms with Crippen LogP contribution in [0.1, 0.15) is 31.7 Å². The molecule has 0 amide bonds. The summed E-state index contributed by atoms with van der Waals surface area (Å²) in [5.41, 5.74) is 8.10. The topological polar surface area (TPSA) is 38.5 Å². The second-order valence-corrected chi connectivity index (χ2v) is 4.88. The molecule has 0 aliphatic carbocycles. The van der Waals surface area contributed by atoms with Gasteiger partial charge in [-0.2, -0.15) is 0 Å². The van der Waals surface area contributed by atoms with Crippen LogP contribution in [0.3, 0.4) is 0 Å². The summed E-state index contributed by atoms with van der Waals surface area (Å²) in [5.74, 6) is 0.831. The van der Waals surface area contributed by atoms with E-state index in [1.54, 1.807) is 7.11 Å². The van der Waals surface area contributed by atoms with Gasteiger partial charge in [0.1, 0.15) is 5.75 Å². The van der Waals surface area contributed by atoms with E-state index in [0.717, 1.165) is 18.0 Å². The number of methoxy groups -OCH3 is 1. The fourth-order valence-electron chi connectivity index (χ4n) is 2.46. The smallest absolute Gasteiger partial charge is 0.120 e. The van der Waals surface area contributed by atoms with Crippen molar-refractivity contribution >= 4 is 5.69 Å². The fourth-order valence-corrected chi connectivity index (χ4v) is 2.46. The van der Waals surface area contributed by atoms with Gasteiger partial charge in [-0.25, -0.2) is 0 Å². The highest BCUT2D eigenvalue weighted by Gasteiger charge is 2.18. The van der Waals surface area contributed by atoms with Crippen molar-refractivity contribution < 1.29 is 4.74 Å². The summed E-state index contributed by atoms with van der Waals surface area (Å²) in [7, 11) is 1.67. The summed E-state index contributed by atoms with van der Waals surface area (Å²) >= 11 is 0. The number of anilines is 1. The van der Waals surface area contributed by atoms with Crippen molar-refractivity contribution in [3.05, 3.63) is 23.8 Å². The number of hydrogen-bond donors (Lipinski definition) is 1. The third-order valence-corrected chi connectivity index (χ3v) is 3.67. The molecule has 1 fully saturated rings. The Hall–Kier alpha value is -1.22. The molecule has 3 heteroatoms. The number of rotatable bonds is 3. The van der Waals surface area contributed by atoms with Gasteiger partial charge in [-0.3, -0.25) is 4.90 Å². The third-order valence-electron chi connectivity index (χ3n) is 3.67. The Balaban J connectivity index is 2.07. The van der Waals surface area contributed by atoms with Crippen LogP contribution in [-0.2, 0) is 6.54 Å². The standard InChI is InChI=1S/C14H22N2O/c1-11-5-3-4-8-16(11)10-12-6-7-13(17-2)9-14(12)15/h6-7,9,11H,3-5,8,10,15H2,1-2H3. The molecular weight excluding hydrogens is 212 g/mol. The molecule has 1 saturated heterocycles. The lowest BCUT2D eigenvalue weighted by atomic mass is 10.0. The van der Waals surface area contributed by atoms with Crippen molar-refractivity contribution in [3.8, 4) is 5.75 Å². The molecule has 1 unspecified atom stereocenters. The molecule has 1 aliphatic heterocycles. The first-order valence-electron chi connectivity index (χ1n) is 6.37. The second-order valence-electron chi connectivity index (χ2n) is 4.88. The Morgan fingerprint density at radius 1 is 1.41 bits per heavy atom. The quantitative estimate of drug-likeness (QED) is 0.817. The molecule has 94 valence electrons. The number of ether oxygens (including phenoxy) is 1. The van der Waals surface area contributed by atoms with Gasteiger partial charge >= 0.3 is 0 Å². The zero-order chi connectivity index (χ0) is 12.3. The minimum atomic E-state index is 0.672. The summed E-state index contributed by atoms with van der Waals surface area (Å²) in [4.78, 5) is 2.52. The van der Waals surface area contributed by atoms with E-state index >= 15 is 0 Å². The summed E-state index contributed by atoms with van der Waals surface area (Å²) in [5, 5.41) is 0. The number of nitrogens with two attached hydrogens (primary N) is 1. The van der Waals surface area contributed by atoms with Crippen LogP contribution in [0.5, 0.6) is 5.75 Å². The van der Waals surface area contributed by atoms with Crippen LogP contribution in [0.4, 0.5) is 5.69 Å². The minimum absolute atomic E-state index is 0.672. The van der Waals surface area contributed by atoms with Gasteiger partial charge in [0.2, 0.25) is 0 Å². The van der Waals surface area contributed by atoms with E-state index < -0.39 is 0 Å². The summed E-state index contributed by atoms with van der Waals surface area (Å²) < 4.78 is 5.17. The predicted octanol–water partition coefficient (Wildman–Crippen LogP) is 2.65. The average Bonchev–Trinajstić information content (AvgIpc) is 2.34. The van der Waals surface area contributed by atoms with Crippen LogP contribution in [0.2, 0.25) is 0 Å². The number of nitrogens with zero attached hydrogens (tertiary/aromatic N) is 1. The van der Waals surface area contributed by atoms with E-state index in [4.69, 9.17) is 10.5 Å². The minimum Gasteiger partial charge on any atom is -0.497 e. The highest BCUT2D eigenvalue weighted by Crippen LogP contribution is 2.24. The molecule has 0 bridgehead atoms. The van der Waals surface area contributed by atoms with Crippen molar-refractivity contribution in [2.75, 3.05) is 19.4 Å². The monoisotopic (exact) mass is 234 g/mol. The zero-order valence-electron chi connectivity index (χ0n) is 10.8. The SMILES string of the molecule is COc1ccc(CN2CCCCC2C)c(N)c1. The number of likely N-dealkylation sites (tertiary alicyclic amines) is 1. The van der Waals surface area contributed by atoms with Crippen LogP contribution in [0, 0.1) is 0 Å². The van der Waals surface area contributed by atoms with Crippen LogP contribution in [-0.4, -0.2) is 24.6 Å². The molecule has 17 heavy (non-hydrogen) atoms. The molecule has 1 atom stereocenters. The van der Waals surface area contributed by atoms with Gasteiger partial charge in [0.05, 0.1) is 7.11 Å². The molecule has 1 aromatic rings. The van der Waals surface area contributed by atoms with E-state index in [1.807, 2.05) is 12.1 Å². The first kappa shape index (κ1) is 12.2. The predicted molar refractivity (Wildman–Crippen MR) is 71.1 cm³/mol. The molecule has 0 radical (unpaired) electrons. The van der Waals surface area contributed by atoms with Crippen LogP contribution >= 0.6 is 0 Å². The summed E-state index contributed by atoms with van der Waals surface area (Å²) in [6, 6.07) is 6.64. The van der Waals surface area contributed by atoms with Crippen molar-refractivity contribution in [2.45, 2.75) is 38.8 Å². The second kappa shape index (κ2) is 5.41. The normalized spacial score (nSPS) is 21.4. The van der Waals surface area contributed by atoms with Gasteiger partial charge < -0.3 is 10.5 Å². The maximum atomic E-state index is 6.05. The Kier molecular flexibility index (Phi) is 3.89. The molecule has 1 heterocycles. The van der Waals surface area contributed by atoms with Crippen LogP contribution in [0.15, 0.2) is 18.2 Å². The number of piperidine rings is 1. The van der Waals surface area contributed by atoms with Gasteiger partial charge in [-0.1, -0.05) is 12.5 Å². The van der Waals surface area contributed by atoms with Crippen molar-refractivity contribution in [1.29, 1.82) is 0 Å². The molecule has 1 aliphatic rings. The van der Waals surface area contributed by atoms with E-state index in [1.165, 1.54) is 31.4 Å². The maximum Gasteiger partial charge on any atom is 0.120 e. The molecule has 3 nitrogen and oxygen atoms in total. The lowest BCUT2D eigenvalue weighted by molar-refractivity contribution is 0.153. The Morgan fingerprint density at radius 3 is 2.88 bits per heavy atom. The molecular formula is C14H22N2O. The number of nitrogen functional groups attached to an aromatic ring is 1. The molecule has 0 saturated carbocycles. The Morgan fingerprint density at radius 2 is 2.24 bits per heavy atom. The highest BCUT2D eigenvalue weighted by molar-refractivity contribution is 5.51. The van der Waals surface area contributed by atoms with Crippen LogP contribution < -0.4 is 10.5 Å². The van der Waals surface area contributed by atoms with Gasteiger partial charge in [0.25, 0.3) is 0 Å². The van der Waals surface area contributed by atoms with E-state index in [9.17, 15) is 0 Å². The van der Waals surface area contributed by atoms with Crippen molar-refractivity contribution in [1.82, 2.24) is 4.90 Å². The highest BCUT2D eigenvalue weighted by atomic mass is 16.5. The lowest BCUT2D eigenvalue weighted by Crippen LogP contribution is -2.36. The Labute approximate surface area is 104 Å². The van der Waals surface area contributed by atoms with E-state index in [-0.39, 0.29) is 0 Å². The summed E-state index contributed by atoms with van der Waals surface area (Å²) in [6.45, 7) is 4.45. The number of benzene rings is 1. The molecule has 2 rings (SSSR count). The van der Waals surface area contributed by atoms with Gasteiger partial charge in [-0.05, 0) is 37.9 Å². The maximum absolute atomic E-state index is 6.05. The fraction of sp³-hybridized carbons (Fsp3) is 0.571. The molecule has 1 aromatic carbocycles. The third kappa shape index (κ3) is 2.91. The first-order valence-corrected chi connectivity index (χ1v) is 6.37.